The smallest absolute Gasteiger partial charge is 0.355 e. The Morgan fingerprint density at radius 1 is 0.877 bits per heavy atom. The van der Waals surface area contributed by atoms with Gasteiger partial charge >= 0.3 is 5.97 Å². The van der Waals surface area contributed by atoms with Crippen molar-refractivity contribution in [3.05, 3.63) is 125 Å². The first kappa shape index (κ1) is 48.1. The van der Waals surface area contributed by atoms with Crippen LogP contribution >= 0.6 is 11.3 Å². The minimum atomic E-state index is -1.10. The third-order valence-corrected chi connectivity index (χ3v) is 16.6. The maximum Gasteiger partial charge on any atom is 0.355 e. The van der Waals surface area contributed by atoms with E-state index in [1.807, 2.05) is 102 Å². The Labute approximate surface area is 428 Å². The number of hydrogen-bond donors (Lipinski definition) is 3. The molecule has 0 spiro atoms. The van der Waals surface area contributed by atoms with Gasteiger partial charge in [-0.15, -0.1) is 0 Å². The highest BCUT2D eigenvalue weighted by molar-refractivity contribution is 7.22. The summed E-state index contributed by atoms with van der Waals surface area (Å²) in [5, 5.41) is 22.4. The number of nitrogens with one attached hydrogen (secondary N) is 2. The van der Waals surface area contributed by atoms with Gasteiger partial charge in [0.25, 0.3) is 5.91 Å². The summed E-state index contributed by atoms with van der Waals surface area (Å²) in [4.78, 5) is 67.7. The van der Waals surface area contributed by atoms with Crippen LogP contribution in [-0.4, -0.2) is 98.3 Å². The molecule has 4 aromatic carbocycles. The maximum atomic E-state index is 13.7. The molecule has 0 bridgehead atoms. The molecule has 3 aliphatic heterocycles. The minimum Gasteiger partial charge on any atom is -0.490 e. The Bertz CT molecular complexity index is 3240. The fourth-order valence-electron chi connectivity index (χ4n) is 11.8. The first-order chi connectivity index (χ1) is 35.4. The first-order valence-corrected chi connectivity index (χ1v) is 26.6. The van der Waals surface area contributed by atoms with E-state index in [9.17, 15) is 24.3 Å². The SMILES string of the molecule is Cc1c(O[C@H]2CC[C@H](CCCN3CCN(c4cccc5c(C6CCC(=O)NC6=O)nn(C)c45)[C@H](C)C3)CC2)cccc1-c1ccc(N2CCc3cccc(C(=O)Nc4nc5ccccc5s4)c3C2)nc1C(=O)O. The Balaban J connectivity index is 0.678. The summed E-state index contributed by atoms with van der Waals surface area (Å²) in [6, 6.07) is 29.8. The predicted octanol–water partition coefficient (Wildman–Crippen LogP) is 9.52. The first-order valence-electron chi connectivity index (χ1n) is 25.8. The van der Waals surface area contributed by atoms with Crippen LogP contribution in [0.1, 0.15) is 107 Å². The predicted molar refractivity (Wildman–Crippen MR) is 285 cm³/mol. The van der Waals surface area contributed by atoms with Gasteiger partial charge in [-0.25, -0.2) is 14.8 Å². The highest BCUT2D eigenvalue weighted by Gasteiger charge is 2.34. The molecule has 6 heterocycles. The van der Waals surface area contributed by atoms with E-state index in [0.29, 0.717) is 66.4 Å². The summed E-state index contributed by atoms with van der Waals surface area (Å²) < 4.78 is 9.61. The number of carbonyl (C=O) groups excluding carboxylic acids is 3. The number of carboxylic acids is 1. The van der Waals surface area contributed by atoms with E-state index in [1.165, 1.54) is 17.8 Å². The number of amides is 3. The normalized spacial score (nSPS) is 20.5. The Kier molecular flexibility index (Phi) is 13.4. The van der Waals surface area contributed by atoms with Gasteiger partial charge in [-0.2, -0.15) is 5.10 Å². The van der Waals surface area contributed by atoms with Crippen molar-refractivity contribution in [3.63, 3.8) is 0 Å². The van der Waals surface area contributed by atoms with Crippen LogP contribution in [-0.2, 0) is 29.6 Å². The number of aryl methyl sites for hydroxylation is 1. The van der Waals surface area contributed by atoms with Gasteiger partial charge in [-0.05, 0) is 142 Å². The molecule has 1 unspecified atom stereocenters. The molecule has 2 atom stereocenters. The molecule has 376 valence electrons. The molecule has 3 aromatic heterocycles. The number of piperazine rings is 1. The van der Waals surface area contributed by atoms with Gasteiger partial charge in [0.2, 0.25) is 11.8 Å². The number of nitrogens with zero attached hydrogens (tertiary/aromatic N) is 7. The maximum absolute atomic E-state index is 13.7. The zero-order valence-corrected chi connectivity index (χ0v) is 42.4. The molecule has 0 radical (unpaired) electrons. The van der Waals surface area contributed by atoms with E-state index in [1.54, 1.807) is 0 Å². The number of pyridine rings is 1. The number of ether oxygens (including phenoxy) is 1. The van der Waals surface area contributed by atoms with Gasteiger partial charge < -0.3 is 19.6 Å². The van der Waals surface area contributed by atoms with Crippen LogP contribution < -0.4 is 25.2 Å². The lowest BCUT2D eigenvalue weighted by atomic mass is 9.84. The molecule has 2 saturated heterocycles. The Morgan fingerprint density at radius 3 is 2.51 bits per heavy atom. The lowest BCUT2D eigenvalue weighted by molar-refractivity contribution is -0.134. The zero-order chi connectivity index (χ0) is 50.3. The average molecular weight is 1000 g/mol. The summed E-state index contributed by atoms with van der Waals surface area (Å²) in [7, 11) is 1.95. The molecule has 7 aromatic rings. The van der Waals surface area contributed by atoms with Crippen LogP contribution in [0.3, 0.4) is 0 Å². The molecule has 1 aliphatic carbocycles. The Morgan fingerprint density at radius 2 is 1.70 bits per heavy atom. The van der Waals surface area contributed by atoms with E-state index in [4.69, 9.17) is 14.8 Å². The summed E-state index contributed by atoms with van der Waals surface area (Å²) in [5.41, 5.74) is 8.49. The number of carboxylic acid groups (broad SMARTS) is 1. The summed E-state index contributed by atoms with van der Waals surface area (Å²) in [6.07, 6.45) is 8.14. The molecule has 3 amide bonds. The lowest BCUT2D eigenvalue weighted by Gasteiger charge is -2.41. The second-order valence-corrected chi connectivity index (χ2v) is 21.3. The van der Waals surface area contributed by atoms with Gasteiger partial charge in [0.1, 0.15) is 11.6 Å². The number of para-hydroxylation sites is 2. The number of aromatic carboxylic acids is 1. The van der Waals surface area contributed by atoms with Crippen LogP contribution in [0, 0.1) is 12.8 Å². The largest absolute Gasteiger partial charge is 0.490 e. The molecular formula is C57H61N9O6S. The lowest BCUT2D eigenvalue weighted by Crippen LogP contribution is -2.52. The molecule has 3 fully saturated rings. The van der Waals surface area contributed by atoms with E-state index in [2.05, 4.69) is 44.5 Å². The van der Waals surface area contributed by atoms with Gasteiger partial charge in [-0.1, -0.05) is 59.9 Å². The minimum absolute atomic E-state index is 0.0216. The van der Waals surface area contributed by atoms with Gasteiger partial charge in [0, 0.05) is 68.7 Å². The van der Waals surface area contributed by atoms with Crippen molar-refractivity contribution in [2.75, 3.05) is 47.8 Å². The zero-order valence-electron chi connectivity index (χ0n) is 41.6. The molecule has 3 N–H and O–H groups in total. The number of imide groups is 1. The third-order valence-electron chi connectivity index (χ3n) is 15.6. The van der Waals surface area contributed by atoms with Crippen molar-refractivity contribution in [3.8, 4) is 16.9 Å². The van der Waals surface area contributed by atoms with Crippen molar-refractivity contribution in [1.82, 2.24) is 30.0 Å². The van der Waals surface area contributed by atoms with Crippen molar-refractivity contribution in [2.45, 2.75) is 96.2 Å². The van der Waals surface area contributed by atoms with Crippen LogP contribution in [0.5, 0.6) is 5.75 Å². The number of benzene rings is 4. The number of carbonyl (C=O) groups is 4. The summed E-state index contributed by atoms with van der Waals surface area (Å²) in [6.45, 7) is 9.28. The van der Waals surface area contributed by atoms with E-state index in [-0.39, 0.29) is 29.5 Å². The number of rotatable bonds is 13. The highest BCUT2D eigenvalue weighted by atomic mass is 32.1. The van der Waals surface area contributed by atoms with E-state index in [0.717, 1.165) is 119 Å². The van der Waals surface area contributed by atoms with Crippen molar-refractivity contribution >= 4 is 72.8 Å². The number of piperidine rings is 1. The van der Waals surface area contributed by atoms with Crippen LogP contribution in [0.15, 0.2) is 91.0 Å². The second kappa shape index (κ2) is 20.4. The molecule has 4 aliphatic rings. The van der Waals surface area contributed by atoms with Gasteiger partial charge in [0.05, 0.1) is 39.1 Å². The molecule has 16 heteroatoms. The monoisotopic (exact) mass is 999 g/mol. The molecular weight excluding hydrogens is 939 g/mol. The van der Waals surface area contributed by atoms with Crippen molar-refractivity contribution < 1.29 is 29.0 Å². The Hall–Kier alpha value is -7.17. The van der Waals surface area contributed by atoms with Gasteiger partial charge in [-0.3, -0.25) is 34.6 Å². The number of hydrogen-bond acceptors (Lipinski definition) is 12. The average Bonchev–Trinajstić information content (AvgIpc) is 3.97. The van der Waals surface area contributed by atoms with Crippen LogP contribution in [0.4, 0.5) is 16.6 Å². The number of aromatic nitrogens is 4. The highest BCUT2D eigenvalue weighted by Crippen LogP contribution is 2.39. The van der Waals surface area contributed by atoms with Crippen molar-refractivity contribution in [2.24, 2.45) is 13.0 Å². The van der Waals surface area contributed by atoms with Gasteiger partial charge in [0.15, 0.2) is 10.8 Å². The van der Waals surface area contributed by atoms with E-state index >= 15 is 0 Å². The third kappa shape index (κ3) is 9.77. The standard InChI is InChI=1S/C57H61N9O6S/c1-34-32-64(30-31-66(34)46-16-7-14-42-51(62-63(3)53(42)46)43-24-26-50(67)60-55(43)69)28-9-10-36-19-21-38(22-20-36)72-47-17-8-12-39(35(47)2)40-23-25-49(59-52(40)56(70)71)65-29-27-37-11-6-13-41(44(37)33-65)54(68)61-57-58-45-15-4-5-18-48(45)73-57/h4-8,11-18,23,25,34,36,38,43H,9-10,19-22,24,26-33H2,1-3H3,(H,70,71)(H,58,61,68)(H,60,67,69)/t34-,36-,38-,43?/m1/s1. The topological polar surface area (TPSA) is 175 Å². The number of fused-ring (bicyclic) bond motifs is 3. The quantitative estimate of drug-likeness (QED) is 0.0935. The van der Waals surface area contributed by atoms with Crippen LogP contribution in [0.25, 0.3) is 32.2 Å². The molecule has 11 rings (SSSR count). The molecule has 73 heavy (non-hydrogen) atoms. The van der Waals surface area contributed by atoms with E-state index < -0.39 is 11.9 Å². The van der Waals surface area contributed by atoms with Crippen LogP contribution in [0.2, 0.25) is 0 Å². The number of thiazole rings is 1. The summed E-state index contributed by atoms with van der Waals surface area (Å²) in [5.74, 6) is -0.257. The second-order valence-electron chi connectivity index (χ2n) is 20.3. The summed E-state index contributed by atoms with van der Waals surface area (Å²) >= 11 is 1.44. The fraction of sp³-hybridized carbons (Fsp3) is 0.386. The fourth-order valence-corrected chi connectivity index (χ4v) is 12.7. The number of anilines is 3. The molecule has 1 saturated carbocycles. The molecule has 15 nitrogen and oxygen atoms in total. The van der Waals surface area contributed by atoms with Crippen molar-refractivity contribution in [1.29, 1.82) is 0 Å².